The van der Waals surface area contributed by atoms with Crippen molar-refractivity contribution in [2.24, 2.45) is 5.73 Å². The van der Waals surface area contributed by atoms with Crippen LogP contribution in [0, 0.1) is 11.6 Å². The molecule has 0 aliphatic heterocycles. The maximum Gasteiger partial charge on any atom is 0.134 e. The average molecular weight is 229 g/mol. The lowest BCUT2D eigenvalue weighted by atomic mass is 9.70. The first-order valence-electron chi connectivity index (χ1n) is 4.97. The van der Waals surface area contributed by atoms with Gasteiger partial charge in [-0.05, 0) is 12.8 Å². The Kier molecular flexibility index (Phi) is 2.59. The lowest BCUT2D eigenvalue weighted by Gasteiger charge is -2.43. The molecule has 0 bridgehead atoms. The first kappa shape index (κ1) is 11.3. The Morgan fingerprint density at radius 3 is 2.56 bits per heavy atom. The second kappa shape index (κ2) is 3.68. The summed E-state index contributed by atoms with van der Waals surface area (Å²) in [5.74, 6) is -1.35. The highest BCUT2D eigenvalue weighted by Crippen LogP contribution is 2.44. The summed E-state index contributed by atoms with van der Waals surface area (Å²) < 4.78 is 31.6. The summed E-state index contributed by atoms with van der Waals surface area (Å²) in [5, 5.41) is 9.24. The largest absolute Gasteiger partial charge is 0.496 e. The van der Waals surface area contributed by atoms with Crippen LogP contribution in [0.4, 0.5) is 8.78 Å². The third-order valence-electron chi connectivity index (χ3n) is 2.94. The quantitative estimate of drug-likeness (QED) is 0.803. The number of aliphatic hydroxyl groups is 1. The Labute approximate surface area is 91.8 Å². The molecule has 1 aliphatic carbocycles. The number of hydrogen-bond acceptors (Lipinski definition) is 3. The molecule has 0 atom stereocenters. The molecule has 1 aromatic rings. The monoisotopic (exact) mass is 229 g/mol. The van der Waals surface area contributed by atoms with Gasteiger partial charge in [-0.1, -0.05) is 0 Å². The van der Waals surface area contributed by atoms with Crippen molar-refractivity contribution < 1.29 is 18.6 Å². The van der Waals surface area contributed by atoms with Crippen LogP contribution in [-0.4, -0.2) is 18.3 Å². The van der Waals surface area contributed by atoms with Crippen molar-refractivity contribution in [1.82, 2.24) is 0 Å². The van der Waals surface area contributed by atoms with Crippen molar-refractivity contribution in [2.45, 2.75) is 24.5 Å². The van der Waals surface area contributed by atoms with Gasteiger partial charge in [0.15, 0.2) is 0 Å². The minimum atomic E-state index is -0.956. The Balaban J connectivity index is 2.47. The number of aliphatic hydroxyl groups excluding tert-OH is 1. The Hall–Kier alpha value is -1.20. The van der Waals surface area contributed by atoms with Gasteiger partial charge in [0.2, 0.25) is 0 Å². The fourth-order valence-electron chi connectivity index (χ4n) is 2.18. The number of ether oxygens (including phenoxy) is 1. The smallest absolute Gasteiger partial charge is 0.134 e. The minimum Gasteiger partial charge on any atom is -0.496 e. The normalized spacial score (nSPS) is 28.7. The van der Waals surface area contributed by atoms with Crippen LogP contribution in [0.15, 0.2) is 12.1 Å². The van der Waals surface area contributed by atoms with Crippen LogP contribution in [0.2, 0.25) is 0 Å². The number of hydrogen-bond donors (Lipinski definition) is 2. The van der Waals surface area contributed by atoms with E-state index in [0.717, 1.165) is 12.1 Å². The molecule has 3 N–H and O–H groups in total. The molecule has 0 unspecified atom stereocenters. The van der Waals surface area contributed by atoms with Gasteiger partial charge < -0.3 is 15.6 Å². The van der Waals surface area contributed by atoms with Gasteiger partial charge in [0.25, 0.3) is 0 Å². The number of nitrogens with two attached hydrogens (primary N) is 1. The van der Waals surface area contributed by atoms with Gasteiger partial charge in [0, 0.05) is 12.1 Å². The minimum absolute atomic E-state index is 0.0897. The van der Waals surface area contributed by atoms with E-state index in [1.807, 2.05) is 0 Å². The van der Waals surface area contributed by atoms with Gasteiger partial charge in [-0.15, -0.1) is 0 Å². The number of methoxy groups -OCH3 is 1. The van der Waals surface area contributed by atoms with E-state index in [0.29, 0.717) is 0 Å². The average Bonchev–Trinajstić information content (AvgIpc) is 2.13. The fourth-order valence-corrected chi connectivity index (χ4v) is 2.18. The van der Waals surface area contributed by atoms with Crippen molar-refractivity contribution in [3.63, 3.8) is 0 Å². The van der Waals surface area contributed by atoms with Crippen LogP contribution >= 0.6 is 0 Å². The van der Waals surface area contributed by atoms with Crippen molar-refractivity contribution in [2.75, 3.05) is 7.11 Å². The van der Waals surface area contributed by atoms with Crippen LogP contribution in [0.1, 0.15) is 18.4 Å². The molecule has 1 saturated carbocycles. The van der Waals surface area contributed by atoms with Crippen molar-refractivity contribution in [3.8, 4) is 5.75 Å². The molecule has 1 aromatic carbocycles. The molecule has 0 radical (unpaired) electrons. The van der Waals surface area contributed by atoms with Crippen LogP contribution in [0.5, 0.6) is 5.75 Å². The third kappa shape index (κ3) is 1.66. The van der Waals surface area contributed by atoms with Crippen molar-refractivity contribution in [1.29, 1.82) is 0 Å². The summed E-state index contributed by atoms with van der Waals surface area (Å²) >= 11 is 0. The first-order chi connectivity index (χ1) is 7.46. The number of halogens is 2. The standard InChI is InChI=1S/C11H13F2NO2/c1-16-9-3-6(12)2-8(13)10(9)11(14)4-7(15)5-11/h2-3,7,15H,4-5,14H2,1H3. The predicted molar refractivity (Wildman–Crippen MR) is 54.0 cm³/mol. The Bertz CT molecular complexity index is 417. The molecule has 5 heteroatoms. The maximum atomic E-state index is 13.7. The van der Waals surface area contributed by atoms with Gasteiger partial charge in [0.05, 0.1) is 24.3 Å². The molecule has 0 heterocycles. The fraction of sp³-hybridized carbons (Fsp3) is 0.455. The molecule has 3 nitrogen and oxygen atoms in total. The summed E-state index contributed by atoms with van der Waals surface area (Å²) in [7, 11) is 1.33. The SMILES string of the molecule is COc1cc(F)cc(F)c1C1(N)CC(O)C1. The van der Waals surface area contributed by atoms with E-state index < -0.39 is 23.3 Å². The predicted octanol–water partition coefficient (Wildman–Crippen LogP) is 1.28. The highest BCUT2D eigenvalue weighted by atomic mass is 19.1. The van der Waals surface area contributed by atoms with E-state index in [4.69, 9.17) is 10.5 Å². The third-order valence-corrected chi connectivity index (χ3v) is 2.94. The molecule has 0 spiro atoms. The molecule has 16 heavy (non-hydrogen) atoms. The van der Waals surface area contributed by atoms with Crippen molar-refractivity contribution in [3.05, 3.63) is 29.3 Å². The lowest BCUT2D eigenvalue weighted by Crippen LogP contribution is -2.52. The number of benzene rings is 1. The second-order valence-corrected chi connectivity index (χ2v) is 4.18. The molecule has 1 aliphatic rings. The molecular formula is C11H13F2NO2. The summed E-state index contributed by atoms with van der Waals surface area (Å²) in [6, 6.07) is 1.87. The van der Waals surface area contributed by atoms with E-state index in [1.54, 1.807) is 0 Å². The maximum absolute atomic E-state index is 13.7. The van der Waals surface area contributed by atoms with E-state index in [1.165, 1.54) is 7.11 Å². The molecule has 2 rings (SSSR count). The Morgan fingerprint density at radius 1 is 1.44 bits per heavy atom. The van der Waals surface area contributed by atoms with Crippen molar-refractivity contribution >= 4 is 0 Å². The second-order valence-electron chi connectivity index (χ2n) is 4.18. The molecule has 88 valence electrons. The van der Waals surface area contributed by atoms with Crippen LogP contribution in [0.25, 0.3) is 0 Å². The molecule has 0 saturated heterocycles. The van der Waals surface area contributed by atoms with E-state index in [-0.39, 0.29) is 24.2 Å². The van der Waals surface area contributed by atoms with Gasteiger partial charge in [-0.25, -0.2) is 8.78 Å². The molecule has 0 amide bonds. The van der Waals surface area contributed by atoms with Gasteiger partial charge in [-0.2, -0.15) is 0 Å². The molecular weight excluding hydrogens is 216 g/mol. The van der Waals surface area contributed by atoms with Crippen LogP contribution in [0.3, 0.4) is 0 Å². The van der Waals surface area contributed by atoms with Gasteiger partial charge >= 0.3 is 0 Å². The number of rotatable bonds is 2. The topological polar surface area (TPSA) is 55.5 Å². The zero-order valence-electron chi connectivity index (χ0n) is 8.84. The van der Waals surface area contributed by atoms with Gasteiger partial charge in [0.1, 0.15) is 17.4 Å². The van der Waals surface area contributed by atoms with E-state index >= 15 is 0 Å². The molecule has 1 fully saturated rings. The zero-order chi connectivity index (χ0) is 11.9. The zero-order valence-corrected chi connectivity index (χ0v) is 8.84. The van der Waals surface area contributed by atoms with E-state index in [9.17, 15) is 13.9 Å². The van der Waals surface area contributed by atoms with E-state index in [2.05, 4.69) is 0 Å². The highest BCUT2D eigenvalue weighted by Gasteiger charge is 2.45. The summed E-state index contributed by atoms with van der Waals surface area (Å²) in [6.45, 7) is 0. The summed E-state index contributed by atoms with van der Waals surface area (Å²) in [4.78, 5) is 0. The molecule has 0 aromatic heterocycles. The van der Waals surface area contributed by atoms with Gasteiger partial charge in [-0.3, -0.25) is 0 Å². The Morgan fingerprint density at radius 2 is 2.06 bits per heavy atom. The lowest BCUT2D eigenvalue weighted by molar-refractivity contribution is 0.0180. The van der Waals surface area contributed by atoms with Crippen LogP contribution in [-0.2, 0) is 5.54 Å². The summed E-state index contributed by atoms with van der Waals surface area (Å²) in [6.07, 6.45) is -0.0168. The van der Waals surface area contributed by atoms with Crippen LogP contribution < -0.4 is 10.5 Å². The summed E-state index contributed by atoms with van der Waals surface area (Å²) in [5.41, 5.74) is 5.12. The highest BCUT2D eigenvalue weighted by molar-refractivity contribution is 5.42. The first-order valence-corrected chi connectivity index (χ1v) is 4.97.